The van der Waals surface area contributed by atoms with Crippen LogP contribution >= 0.6 is 0 Å². The molecule has 1 aliphatic carbocycles. The minimum absolute atomic E-state index is 0.241. The summed E-state index contributed by atoms with van der Waals surface area (Å²) in [4.78, 5) is 26.1. The van der Waals surface area contributed by atoms with Crippen molar-refractivity contribution in [1.29, 1.82) is 0 Å². The molecule has 0 saturated heterocycles. The van der Waals surface area contributed by atoms with Crippen molar-refractivity contribution in [2.75, 3.05) is 0 Å². The highest BCUT2D eigenvalue weighted by molar-refractivity contribution is 6.14. The van der Waals surface area contributed by atoms with Crippen LogP contribution in [0.1, 0.15) is 176 Å². The standard InChI is InChI=1S/C22H23N2O.2C21H21N2O.C20H19N2O.C20H21N2O.C19H17N2O/c1-13(2)16-8-10-24(5)18(12-16)20-15(4)11-14(3)19-17-7-6-9-23-22(17)25-21(19)20;1-12-10-17(23(5)11-15(12)4)19-14(3)9-13(2)18-16-7-6-8-22-21(16)24-20(18)19;1-13(2)15-9-11-23(4)18(12-15)19-14(3)7-8-16-17-6-5-10-22-21(17)24-20(16)19;1-12-7-8-15-16-6-5-9-21-20(16)23-19(15)18(12)17-10-13(2)14(3)11-22(17)4;1-12-7-8-16(22(4)11-12)18-14(3)10-13(2)17-15-6-5-9-21-20(15)23-19(17)18;1-12-6-9-16(21(3)11-12)17-13(2)7-8-14-15-5-4-10-20-19(15)22-18(14)17/h6-13H,1-5H3;6-11H,1-5H3;5-13H,1-4H3;5-11H,1-4H3;5-11,17,19H,1-4H3;4-11H,1-3H3/q6*+1/i;;1D3,13D;3D3;1D3,2D3;1D3. The maximum Gasteiger partial charge on any atom is 0.227 e. The van der Waals surface area contributed by atoms with Gasteiger partial charge in [-0.25, -0.2) is 57.3 Å². The number of fused-ring (bicyclic) bond motifs is 18. The largest absolute Gasteiger partial charge is 0.468 e. The molecule has 0 N–H and O–H groups in total. The van der Waals surface area contributed by atoms with Crippen molar-refractivity contribution in [2.45, 2.75) is 155 Å². The summed E-state index contributed by atoms with van der Waals surface area (Å²) < 4.78 is 173. The lowest BCUT2D eigenvalue weighted by Gasteiger charge is -2.27. The molecule has 0 saturated carbocycles. The molecule has 2 aliphatic rings. The second kappa shape index (κ2) is 38.2. The van der Waals surface area contributed by atoms with Crippen LogP contribution in [-0.2, 0) is 42.3 Å². The van der Waals surface area contributed by atoms with Crippen molar-refractivity contribution in [2.24, 2.45) is 42.3 Å². The van der Waals surface area contributed by atoms with E-state index in [9.17, 15) is 0 Å². The van der Waals surface area contributed by atoms with E-state index in [-0.39, 0.29) is 5.56 Å². The second-order valence-electron chi connectivity index (χ2n) is 37.5. The van der Waals surface area contributed by atoms with Crippen LogP contribution in [0, 0.1) is 89.8 Å². The third kappa shape index (κ3) is 17.5. The molecule has 22 aromatic rings. The number of ether oxygens (including phenoxy) is 1. The minimum atomic E-state index is -2.44. The summed E-state index contributed by atoms with van der Waals surface area (Å²) in [7, 11) is 11.6. The first kappa shape index (κ1) is 76.2. The molecule has 24 rings (SSSR count). The number of nitrogens with zero attached hydrogens (tertiary/aromatic N) is 12. The van der Waals surface area contributed by atoms with E-state index in [0.29, 0.717) is 68.2 Å². The van der Waals surface area contributed by atoms with Crippen molar-refractivity contribution >= 4 is 116 Å². The lowest BCUT2D eigenvalue weighted by molar-refractivity contribution is -0.674. The maximum absolute atomic E-state index is 8.45. The summed E-state index contributed by atoms with van der Waals surface area (Å²) in [5, 5.41) is 10.3. The highest BCUT2D eigenvalue weighted by atomic mass is 16.5. The summed E-state index contributed by atoms with van der Waals surface area (Å²) >= 11 is 0. The van der Waals surface area contributed by atoms with Crippen molar-refractivity contribution in [3.05, 3.63) is 368 Å². The van der Waals surface area contributed by atoms with Gasteiger partial charge in [0.25, 0.3) is 0 Å². The minimum Gasteiger partial charge on any atom is -0.468 e. The summed E-state index contributed by atoms with van der Waals surface area (Å²) in [5.74, 6) is -1.26. The topological polar surface area (TPSA) is 176 Å². The maximum atomic E-state index is 8.45. The second-order valence-corrected chi connectivity index (χ2v) is 37.5. The van der Waals surface area contributed by atoms with E-state index < -0.39 is 52.2 Å². The quantitative estimate of drug-likeness (QED) is 0.132. The van der Waals surface area contributed by atoms with Gasteiger partial charge >= 0.3 is 0 Å². The fourth-order valence-electron chi connectivity index (χ4n) is 20.0. The van der Waals surface area contributed by atoms with E-state index in [1.54, 1.807) is 116 Å². The molecular formula is C123H122N12O6+6. The number of benzene rings is 5. The first-order chi connectivity index (χ1) is 74.2. The highest BCUT2D eigenvalue weighted by Gasteiger charge is 2.44. The summed E-state index contributed by atoms with van der Waals surface area (Å²) in [6, 6.07) is 59.0. The fourth-order valence-corrected chi connectivity index (χ4v) is 20.0. The Morgan fingerprint density at radius 3 is 1.16 bits per heavy atom. The van der Waals surface area contributed by atoms with Gasteiger partial charge in [-0.05, 0) is 261 Å². The van der Waals surface area contributed by atoms with Gasteiger partial charge in [0.05, 0.1) is 39.3 Å². The number of hydrogen-bond donors (Lipinski definition) is 0. The number of pyridine rings is 12. The third-order valence-corrected chi connectivity index (χ3v) is 27.3. The first-order valence-corrected chi connectivity index (χ1v) is 47.1. The van der Waals surface area contributed by atoms with Gasteiger partial charge in [0.1, 0.15) is 48.4 Å². The van der Waals surface area contributed by atoms with E-state index in [2.05, 4.69) is 176 Å². The molecule has 3 atom stereocenters. The van der Waals surface area contributed by atoms with Crippen LogP contribution in [0.15, 0.2) is 296 Å². The van der Waals surface area contributed by atoms with Crippen LogP contribution in [0.3, 0.4) is 0 Å². The fraction of sp³-hybridized carbons (Fsp3) is 0.236. The molecule has 0 spiro atoms. The van der Waals surface area contributed by atoms with Gasteiger partial charge in [0, 0.05) is 189 Å². The molecule has 3 unspecified atom stereocenters. The van der Waals surface area contributed by atoms with E-state index in [4.69, 9.17) is 48.8 Å². The van der Waals surface area contributed by atoms with Gasteiger partial charge in [0.2, 0.25) is 68.6 Å². The molecular weight excluding hydrogens is 1740 g/mol. The van der Waals surface area contributed by atoms with E-state index in [0.717, 1.165) is 160 Å². The van der Waals surface area contributed by atoms with Crippen LogP contribution in [0.2, 0.25) is 0 Å². The Morgan fingerprint density at radius 2 is 0.709 bits per heavy atom. The Hall–Kier alpha value is -15.8. The number of allylic oxidation sites excluding steroid dienone is 2. The number of rotatable bonds is 8. The monoisotopic (exact) mass is 1880 g/mol. The van der Waals surface area contributed by atoms with Crippen LogP contribution in [0.4, 0.5) is 0 Å². The van der Waals surface area contributed by atoms with E-state index in [1.165, 1.54) is 62.6 Å². The van der Waals surface area contributed by atoms with Crippen LogP contribution in [-0.4, -0.2) is 36.0 Å². The van der Waals surface area contributed by atoms with Crippen LogP contribution < -0.4 is 32.1 Å². The lowest BCUT2D eigenvalue weighted by atomic mass is 9.78. The molecule has 141 heavy (non-hydrogen) atoms. The van der Waals surface area contributed by atoms with Crippen molar-refractivity contribution < 1.29 is 76.2 Å². The number of furan rings is 5. The molecule has 18 heteroatoms. The van der Waals surface area contributed by atoms with Gasteiger partial charge < -0.3 is 26.8 Å². The van der Waals surface area contributed by atoms with Crippen LogP contribution in [0.25, 0.3) is 172 Å². The Balaban J connectivity index is 0.000000117. The van der Waals surface area contributed by atoms with Crippen LogP contribution in [0.5, 0.6) is 5.88 Å². The van der Waals surface area contributed by atoms with Crippen molar-refractivity contribution in [1.82, 2.24) is 29.9 Å². The lowest BCUT2D eigenvalue weighted by Crippen LogP contribution is -2.37. The molecule has 0 amide bonds. The van der Waals surface area contributed by atoms with Gasteiger partial charge in [0.15, 0.2) is 65.1 Å². The predicted molar refractivity (Wildman–Crippen MR) is 566 cm³/mol. The van der Waals surface area contributed by atoms with E-state index >= 15 is 0 Å². The Bertz CT molecular complexity index is 9550. The number of hydrogen-bond acceptors (Lipinski definition) is 12. The van der Waals surface area contributed by atoms with Gasteiger partial charge in [-0.3, -0.25) is 0 Å². The normalized spacial score (nSPS) is 15.9. The van der Waals surface area contributed by atoms with Gasteiger partial charge in [-0.15, -0.1) is 0 Å². The molecule has 1 aliphatic heterocycles. The average Bonchev–Trinajstić information content (AvgIpc) is 1.57. The molecule has 17 aromatic heterocycles. The van der Waals surface area contributed by atoms with E-state index in [1.807, 2.05) is 160 Å². The number of aromatic nitrogens is 12. The third-order valence-electron chi connectivity index (χ3n) is 27.3. The Labute approximate surface area is 845 Å². The smallest absolute Gasteiger partial charge is 0.227 e. The summed E-state index contributed by atoms with van der Waals surface area (Å²) in [6.45, 7) is 17.3. The Kier molecular flexibility index (Phi) is 20.6. The van der Waals surface area contributed by atoms with Crippen molar-refractivity contribution in [3.63, 3.8) is 0 Å². The zero-order valence-electron chi connectivity index (χ0n) is 98.9. The molecule has 18 nitrogen and oxygen atoms in total. The summed E-state index contributed by atoms with van der Waals surface area (Å²) in [6.07, 6.45) is 22.5. The SMILES string of the molecule is Cc1cc(-c2c(C)cc(C)c3c2oc2ncccc23)[n+](C)cc1C.Cc1cc(C)c2c(oc3ncccc32)c1-c1cc(C(C)C)cc[n+]1C.[2H]C([2H])([2H])C([2H])(C)c1cc[n+](C)c(-c2c(C)ccc3c2oc2ncccc23)c1.[2H]C([2H])([2H])C1=CC(C)=C(c2ccc(C([2H])([2H])[2H])c[n+]2C)C2Oc3ncccc3C12.[2H]C([2H])([2H])c1c[n+](C)c(-c2c(C)ccc3c2oc2ncccc23)cc1C.[2H]C([2H])([2H])c1ccc(-c2c(C)ccc3c2oc2ncccc23)[n+](C)c1. The predicted octanol–water partition coefficient (Wildman–Crippen LogP) is 26.8. The molecule has 0 bridgehead atoms. The van der Waals surface area contributed by atoms with Gasteiger partial charge in [-0.1, -0.05) is 93.9 Å². The molecule has 5 aromatic carbocycles. The van der Waals surface area contributed by atoms with Crippen molar-refractivity contribution in [3.8, 4) is 62.2 Å². The Morgan fingerprint density at radius 1 is 0.319 bits per heavy atom. The first-order valence-electron chi connectivity index (χ1n) is 55.1. The summed E-state index contributed by atoms with van der Waals surface area (Å²) in [5.41, 5.74) is 34.8. The zero-order chi connectivity index (χ0) is 113. The molecule has 0 fully saturated rings. The highest BCUT2D eigenvalue weighted by Crippen LogP contribution is 2.50. The average molecular weight is 1880 g/mol. The van der Waals surface area contributed by atoms with Gasteiger partial charge in [-0.2, -0.15) is 0 Å². The molecule has 18 heterocycles. The molecule has 0 radical (unpaired) electrons. The molecule has 704 valence electrons. The number of aryl methyl sites for hydroxylation is 19. The zero-order valence-corrected chi connectivity index (χ0v) is 82.9.